The van der Waals surface area contributed by atoms with Crippen molar-refractivity contribution < 1.29 is 9.18 Å². The number of carbonyl (C=O) groups excluding carboxylic acids is 1. The van der Waals surface area contributed by atoms with Crippen molar-refractivity contribution in [1.82, 2.24) is 4.90 Å². The Morgan fingerprint density at radius 3 is 2.84 bits per heavy atom. The summed E-state index contributed by atoms with van der Waals surface area (Å²) in [6.07, 6.45) is 5.82. The van der Waals surface area contributed by atoms with Gasteiger partial charge in [0.1, 0.15) is 5.82 Å². The molecule has 2 N–H and O–H groups in total. The first-order valence-corrected chi connectivity index (χ1v) is 7.03. The molecule has 0 bridgehead atoms. The van der Waals surface area contributed by atoms with Gasteiger partial charge >= 0.3 is 0 Å². The fourth-order valence-corrected chi connectivity index (χ4v) is 3.59. The first kappa shape index (κ1) is 12.5. The van der Waals surface area contributed by atoms with Gasteiger partial charge in [-0.15, -0.1) is 0 Å². The van der Waals surface area contributed by atoms with Crippen molar-refractivity contribution in [1.29, 1.82) is 0 Å². The van der Waals surface area contributed by atoms with E-state index in [4.69, 9.17) is 5.73 Å². The van der Waals surface area contributed by atoms with Crippen molar-refractivity contribution in [2.75, 3.05) is 12.3 Å². The first-order valence-electron chi connectivity index (χ1n) is 7.03. The Morgan fingerprint density at radius 1 is 1.26 bits per heavy atom. The zero-order valence-electron chi connectivity index (χ0n) is 10.9. The molecule has 2 unspecified atom stereocenters. The molecule has 1 aliphatic heterocycles. The normalized spacial score (nSPS) is 26.3. The lowest BCUT2D eigenvalue weighted by Gasteiger charge is -2.38. The highest BCUT2D eigenvalue weighted by atomic mass is 19.1. The number of anilines is 1. The van der Waals surface area contributed by atoms with E-state index in [-0.39, 0.29) is 11.6 Å². The fourth-order valence-electron chi connectivity index (χ4n) is 3.59. The summed E-state index contributed by atoms with van der Waals surface area (Å²) < 4.78 is 13.1. The molecule has 2 atom stereocenters. The van der Waals surface area contributed by atoms with Gasteiger partial charge < -0.3 is 10.6 Å². The summed E-state index contributed by atoms with van der Waals surface area (Å²) in [4.78, 5) is 14.6. The van der Waals surface area contributed by atoms with Crippen molar-refractivity contribution in [3.63, 3.8) is 0 Å². The Bertz CT molecular complexity index is 503. The highest BCUT2D eigenvalue weighted by molar-refractivity contribution is 5.99. The molecule has 1 aliphatic carbocycles. The van der Waals surface area contributed by atoms with E-state index in [0.29, 0.717) is 17.5 Å². The summed E-state index contributed by atoms with van der Waals surface area (Å²) in [5.74, 6) is 0.222. The van der Waals surface area contributed by atoms with Crippen LogP contribution in [0.1, 0.15) is 42.5 Å². The van der Waals surface area contributed by atoms with E-state index < -0.39 is 5.82 Å². The summed E-state index contributed by atoms with van der Waals surface area (Å²) in [5, 5.41) is 0. The van der Waals surface area contributed by atoms with Gasteiger partial charge in [-0.1, -0.05) is 6.42 Å². The van der Waals surface area contributed by atoms with Crippen LogP contribution in [-0.2, 0) is 0 Å². The number of piperidine rings is 1. The summed E-state index contributed by atoms with van der Waals surface area (Å²) in [7, 11) is 0. The smallest absolute Gasteiger partial charge is 0.256 e. The summed E-state index contributed by atoms with van der Waals surface area (Å²) in [5.41, 5.74) is 6.46. The van der Waals surface area contributed by atoms with Crippen molar-refractivity contribution in [3.05, 3.63) is 29.6 Å². The van der Waals surface area contributed by atoms with Crippen LogP contribution >= 0.6 is 0 Å². The molecule has 2 fully saturated rings. The Balaban J connectivity index is 1.86. The molecule has 102 valence electrons. The third kappa shape index (κ3) is 2.20. The third-order valence-corrected chi connectivity index (χ3v) is 4.50. The Kier molecular flexibility index (Phi) is 3.17. The number of likely N-dealkylation sites (tertiary alicyclic amines) is 1. The number of halogens is 1. The largest absolute Gasteiger partial charge is 0.398 e. The topological polar surface area (TPSA) is 46.3 Å². The standard InChI is InChI=1S/C15H19FN2O/c16-11-6-7-12(13(17)9-11)15(19)18-8-2-4-10-3-1-5-14(10)18/h6-7,9-10,14H,1-5,8,17H2. The quantitative estimate of drug-likeness (QED) is 0.791. The molecule has 1 amide bonds. The van der Waals surface area contributed by atoms with Crippen LogP contribution in [0.4, 0.5) is 10.1 Å². The number of hydrogen-bond donors (Lipinski definition) is 1. The number of nitrogen functional groups attached to an aromatic ring is 1. The molecule has 4 heteroatoms. The van der Waals surface area contributed by atoms with Gasteiger partial charge in [-0.25, -0.2) is 4.39 Å². The molecule has 1 saturated heterocycles. The van der Waals surface area contributed by atoms with E-state index >= 15 is 0 Å². The molecule has 1 saturated carbocycles. The molecular formula is C15H19FN2O. The van der Waals surface area contributed by atoms with Crippen LogP contribution in [0.25, 0.3) is 0 Å². The molecule has 1 aromatic rings. The molecular weight excluding hydrogens is 243 g/mol. The number of carbonyl (C=O) groups is 1. The zero-order chi connectivity index (χ0) is 13.4. The minimum absolute atomic E-state index is 0.0332. The minimum atomic E-state index is -0.397. The van der Waals surface area contributed by atoms with Gasteiger partial charge in [0.2, 0.25) is 0 Å². The number of benzene rings is 1. The van der Waals surface area contributed by atoms with Crippen LogP contribution in [0.2, 0.25) is 0 Å². The summed E-state index contributed by atoms with van der Waals surface area (Å²) >= 11 is 0. The highest BCUT2D eigenvalue weighted by Crippen LogP contribution is 2.37. The number of hydrogen-bond acceptors (Lipinski definition) is 2. The minimum Gasteiger partial charge on any atom is -0.398 e. The van der Waals surface area contributed by atoms with Gasteiger partial charge in [0.05, 0.1) is 5.56 Å². The zero-order valence-corrected chi connectivity index (χ0v) is 10.9. The van der Waals surface area contributed by atoms with Crippen LogP contribution in [0, 0.1) is 11.7 Å². The second-order valence-corrected chi connectivity index (χ2v) is 5.63. The summed E-state index contributed by atoms with van der Waals surface area (Å²) in [6, 6.07) is 4.40. The number of rotatable bonds is 1. The lowest BCUT2D eigenvalue weighted by Crippen LogP contribution is -2.46. The van der Waals surface area contributed by atoms with Crippen LogP contribution in [0.3, 0.4) is 0 Å². The molecule has 1 heterocycles. The van der Waals surface area contributed by atoms with Crippen LogP contribution in [-0.4, -0.2) is 23.4 Å². The van der Waals surface area contributed by atoms with Crippen LogP contribution in [0.5, 0.6) is 0 Å². The number of fused-ring (bicyclic) bond motifs is 1. The molecule has 0 radical (unpaired) electrons. The van der Waals surface area contributed by atoms with Crippen molar-refractivity contribution in [3.8, 4) is 0 Å². The SMILES string of the molecule is Nc1cc(F)ccc1C(=O)N1CCCC2CCCC21. The second-order valence-electron chi connectivity index (χ2n) is 5.63. The molecule has 0 aromatic heterocycles. The van der Waals surface area contributed by atoms with Crippen molar-refractivity contribution in [2.24, 2.45) is 5.92 Å². The highest BCUT2D eigenvalue weighted by Gasteiger charge is 2.37. The van der Waals surface area contributed by atoms with Crippen LogP contribution in [0.15, 0.2) is 18.2 Å². The Labute approximate surface area is 112 Å². The maximum Gasteiger partial charge on any atom is 0.256 e. The van der Waals surface area contributed by atoms with Gasteiger partial charge in [-0.2, -0.15) is 0 Å². The van der Waals surface area contributed by atoms with Crippen molar-refractivity contribution >= 4 is 11.6 Å². The molecule has 3 nitrogen and oxygen atoms in total. The van der Waals surface area contributed by atoms with E-state index in [9.17, 15) is 9.18 Å². The van der Waals surface area contributed by atoms with E-state index in [1.807, 2.05) is 4.90 Å². The van der Waals surface area contributed by atoms with Gasteiger partial charge in [-0.3, -0.25) is 4.79 Å². The van der Waals surface area contributed by atoms with E-state index in [1.165, 1.54) is 37.5 Å². The van der Waals surface area contributed by atoms with E-state index in [0.717, 1.165) is 19.4 Å². The third-order valence-electron chi connectivity index (χ3n) is 4.50. The number of nitrogens with zero attached hydrogens (tertiary/aromatic N) is 1. The number of amides is 1. The van der Waals surface area contributed by atoms with Gasteiger partial charge in [0.25, 0.3) is 5.91 Å². The Hall–Kier alpha value is -1.58. The molecule has 0 spiro atoms. The van der Waals surface area contributed by atoms with Gasteiger partial charge in [-0.05, 0) is 49.8 Å². The summed E-state index contributed by atoms with van der Waals surface area (Å²) in [6.45, 7) is 0.802. The van der Waals surface area contributed by atoms with E-state index in [2.05, 4.69) is 0 Å². The lowest BCUT2D eigenvalue weighted by atomic mass is 9.91. The second kappa shape index (κ2) is 4.83. The maximum absolute atomic E-state index is 13.1. The van der Waals surface area contributed by atoms with Crippen LogP contribution < -0.4 is 5.73 Å². The maximum atomic E-state index is 13.1. The fraction of sp³-hybridized carbons (Fsp3) is 0.533. The average molecular weight is 262 g/mol. The molecule has 19 heavy (non-hydrogen) atoms. The number of nitrogens with two attached hydrogens (primary N) is 1. The van der Waals surface area contributed by atoms with Gasteiger partial charge in [0, 0.05) is 18.3 Å². The molecule has 2 aliphatic rings. The Morgan fingerprint density at radius 2 is 2.05 bits per heavy atom. The van der Waals surface area contributed by atoms with Gasteiger partial charge in [0.15, 0.2) is 0 Å². The monoisotopic (exact) mass is 262 g/mol. The predicted octanol–water partition coefficient (Wildman–Crippen LogP) is 2.81. The predicted molar refractivity (Wildman–Crippen MR) is 72.2 cm³/mol. The molecule has 3 rings (SSSR count). The average Bonchev–Trinajstić information content (AvgIpc) is 2.86. The molecule has 1 aromatic carbocycles. The van der Waals surface area contributed by atoms with Crippen molar-refractivity contribution in [2.45, 2.75) is 38.1 Å². The first-order chi connectivity index (χ1) is 9.16. The lowest BCUT2D eigenvalue weighted by molar-refractivity contribution is 0.0549. The van der Waals surface area contributed by atoms with E-state index in [1.54, 1.807) is 0 Å².